The van der Waals surface area contributed by atoms with Crippen LogP contribution in [0.25, 0.3) is 0 Å². The van der Waals surface area contributed by atoms with Crippen LogP contribution in [0.5, 0.6) is 0 Å². The van der Waals surface area contributed by atoms with Crippen LogP contribution in [0, 0.1) is 6.92 Å². The molecule has 0 saturated heterocycles. The van der Waals surface area contributed by atoms with E-state index in [1.165, 1.54) is 5.56 Å². The number of rotatable bonds is 3. The minimum Gasteiger partial charge on any atom is -0.354 e. The normalized spacial score (nSPS) is 12.4. The summed E-state index contributed by atoms with van der Waals surface area (Å²) in [5.74, 6) is 0. The van der Waals surface area contributed by atoms with E-state index in [0.29, 0.717) is 0 Å². The molecule has 78 valence electrons. The van der Waals surface area contributed by atoms with Crippen molar-refractivity contribution >= 4 is 16.5 Å². The number of aryl methyl sites for hydroxylation is 1. The van der Waals surface area contributed by atoms with E-state index in [4.69, 9.17) is 0 Å². The molecule has 2 rings (SSSR count). The Morgan fingerprint density at radius 3 is 2.60 bits per heavy atom. The first-order chi connectivity index (χ1) is 7.25. The Morgan fingerprint density at radius 1 is 1.27 bits per heavy atom. The topological polar surface area (TPSA) is 50.7 Å². The molecule has 5 heteroatoms. The minimum absolute atomic E-state index is 0.223. The molecule has 2 heterocycles. The summed E-state index contributed by atoms with van der Waals surface area (Å²) in [6, 6.07) is 4.21. The maximum absolute atomic E-state index is 4.02. The molecule has 1 atom stereocenters. The molecule has 2 aromatic heterocycles. The van der Waals surface area contributed by atoms with E-state index >= 15 is 0 Å². The lowest BCUT2D eigenvalue weighted by molar-refractivity contribution is 0.869. The molecule has 4 nitrogen and oxygen atoms in total. The van der Waals surface area contributed by atoms with Gasteiger partial charge in [0, 0.05) is 12.4 Å². The third-order valence-electron chi connectivity index (χ3n) is 2.07. The van der Waals surface area contributed by atoms with Crippen LogP contribution in [-0.2, 0) is 0 Å². The number of aromatic nitrogens is 3. The van der Waals surface area contributed by atoms with E-state index < -0.39 is 0 Å². The Balaban J connectivity index is 2.07. The van der Waals surface area contributed by atoms with E-state index in [0.717, 1.165) is 10.1 Å². The van der Waals surface area contributed by atoms with E-state index in [2.05, 4.69) is 27.4 Å². The fourth-order valence-electron chi connectivity index (χ4n) is 1.28. The van der Waals surface area contributed by atoms with Crippen LogP contribution >= 0.6 is 11.3 Å². The Morgan fingerprint density at radius 2 is 2.00 bits per heavy atom. The average molecular weight is 220 g/mol. The Bertz CT molecular complexity index is 426. The Kier molecular flexibility index (Phi) is 2.91. The number of nitrogens with one attached hydrogen (secondary N) is 1. The zero-order valence-corrected chi connectivity index (χ0v) is 9.45. The molecule has 0 aromatic carbocycles. The fourth-order valence-corrected chi connectivity index (χ4v) is 1.95. The van der Waals surface area contributed by atoms with Crippen molar-refractivity contribution in [1.29, 1.82) is 0 Å². The fraction of sp³-hybridized carbons (Fsp3) is 0.300. The van der Waals surface area contributed by atoms with Gasteiger partial charge in [0.25, 0.3) is 0 Å². The predicted molar refractivity (Wildman–Crippen MR) is 60.9 cm³/mol. The van der Waals surface area contributed by atoms with Crippen LogP contribution < -0.4 is 5.32 Å². The standard InChI is InChI=1S/C10H12N4S/c1-7(9-3-5-11-6-4-9)12-10-14-13-8(2)15-10/h3-7H,1-2H3,(H,12,14). The van der Waals surface area contributed by atoms with Gasteiger partial charge in [0.2, 0.25) is 5.13 Å². The number of hydrogen-bond acceptors (Lipinski definition) is 5. The van der Waals surface area contributed by atoms with Crippen molar-refractivity contribution in [1.82, 2.24) is 15.2 Å². The highest BCUT2D eigenvalue weighted by molar-refractivity contribution is 7.15. The lowest BCUT2D eigenvalue weighted by Crippen LogP contribution is -2.06. The molecule has 0 aliphatic rings. The summed E-state index contributed by atoms with van der Waals surface area (Å²) in [4.78, 5) is 3.99. The van der Waals surface area contributed by atoms with Crippen molar-refractivity contribution in [2.24, 2.45) is 0 Å². The van der Waals surface area contributed by atoms with Gasteiger partial charge in [0.15, 0.2) is 0 Å². The maximum Gasteiger partial charge on any atom is 0.206 e. The first-order valence-corrected chi connectivity index (χ1v) is 5.54. The van der Waals surface area contributed by atoms with Gasteiger partial charge in [-0.1, -0.05) is 11.3 Å². The molecule has 0 amide bonds. The molecule has 0 bridgehead atoms. The van der Waals surface area contributed by atoms with E-state index in [9.17, 15) is 0 Å². The molecule has 2 aromatic rings. The second kappa shape index (κ2) is 4.35. The number of pyridine rings is 1. The molecule has 0 fully saturated rings. The molecular weight excluding hydrogens is 208 g/mol. The van der Waals surface area contributed by atoms with Crippen molar-refractivity contribution in [3.63, 3.8) is 0 Å². The van der Waals surface area contributed by atoms with Crippen LogP contribution in [0.3, 0.4) is 0 Å². The number of hydrogen-bond donors (Lipinski definition) is 1. The summed E-state index contributed by atoms with van der Waals surface area (Å²) in [6.45, 7) is 4.03. The Labute approximate surface area is 92.4 Å². The van der Waals surface area contributed by atoms with Crippen molar-refractivity contribution in [2.75, 3.05) is 5.32 Å². The Hall–Kier alpha value is -1.49. The lowest BCUT2D eigenvalue weighted by Gasteiger charge is -2.11. The van der Waals surface area contributed by atoms with Crippen LogP contribution in [0.15, 0.2) is 24.5 Å². The van der Waals surface area contributed by atoms with E-state index in [1.54, 1.807) is 23.7 Å². The van der Waals surface area contributed by atoms with Crippen LogP contribution in [0.2, 0.25) is 0 Å². The van der Waals surface area contributed by atoms with Gasteiger partial charge in [-0.2, -0.15) is 0 Å². The number of nitrogens with zero attached hydrogens (tertiary/aromatic N) is 3. The molecule has 0 saturated carbocycles. The quantitative estimate of drug-likeness (QED) is 0.863. The minimum atomic E-state index is 0.223. The zero-order valence-electron chi connectivity index (χ0n) is 8.64. The van der Waals surface area contributed by atoms with Crippen molar-refractivity contribution < 1.29 is 0 Å². The third kappa shape index (κ3) is 2.50. The van der Waals surface area contributed by atoms with Gasteiger partial charge in [0.1, 0.15) is 5.01 Å². The summed E-state index contributed by atoms with van der Waals surface area (Å²) < 4.78 is 0. The smallest absolute Gasteiger partial charge is 0.206 e. The maximum atomic E-state index is 4.02. The first-order valence-electron chi connectivity index (χ1n) is 4.72. The summed E-state index contributed by atoms with van der Waals surface area (Å²) in [6.07, 6.45) is 3.58. The first kappa shape index (κ1) is 10.0. The molecule has 0 aliphatic heterocycles. The molecule has 0 radical (unpaired) electrons. The third-order valence-corrected chi connectivity index (χ3v) is 2.84. The van der Waals surface area contributed by atoms with Crippen molar-refractivity contribution in [2.45, 2.75) is 19.9 Å². The molecule has 0 spiro atoms. The summed E-state index contributed by atoms with van der Waals surface area (Å²) in [7, 11) is 0. The SMILES string of the molecule is Cc1nnc(NC(C)c2ccncc2)s1. The predicted octanol–water partition coefficient (Wildman–Crippen LogP) is 2.41. The van der Waals surface area contributed by atoms with Gasteiger partial charge in [-0.05, 0) is 31.5 Å². The molecule has 15 heavy (non-hydrogen) atoms. The highest BCUT2D eigenvalue weighted by Gasteiger charge is 2.07. The van der Waals surface area contributed by atoms with Crippen LogP contribution in [-0.4, -0.2) is 15.2 Å². The van der Waals surface area contributed by atoms with Crippen molar-refractivity contribution in [3.8, 4) is 0 Å². The molecule has 0 aliphatic carbocycles. The second-order valence-electron chi connectivity index (χ2n) is 3.27. The zero-order chi connectivity index (χ0) is 10.7. The summed E-state index contributed by atoms with van der Waals surface area (Å²) in [5, 5.41) is 13.1. The van der Waals surface area contributed by atoms with E-state index in [-0.39, 0.29) is 6.04 Å². The molecule has 1 unspecified atom stereocenters. The van der Waals surface area contributed by atoms with Crippen LogP contribution in [0.1, 0.15) is 23.5 Å². The molecular formula is C10H12N4S. The second-order valence-corrected chi connectivity index (χ2v) is 4.45. The van der Waals surface area contributed by atoms with Gasteiger partial charge in [-0.15, -0.1) is 10.2 Å². The highest BCUT2D eigenvalue weighted by atomic mass is 32.1. The van der Waals surface area contributed by atoms with Gasteiger partial charge < -0.3 is 5.32 Å². The van der Waals surface area contributed by atoms with Crippen LogP contribution in [0.4, 0.5) is 5.13 Å². The number of anilines is 1. The van der Waals surface area contributed by atoms with Gasteiger partial charge in [-0.3, -0.25) is 4.98 Å². The van der Waals surface area contributed by atoms with E-state index in [1.807, 2.05) is 19.1 Å². The van der Waals surface area contributed by atoms with Gasteiger partial charge >= 0.3 is 0 Å². The lowest BCUT2D eigenvalue weighted by atomic mass is 10.1. The highest BCUT2D eigenvalue weighted by Crippen LogP contribution is 2.20. The largest absolute Gasteiger partial charge is 0.354 e. The molecule has 1 N–H and O–H groups in total. The van der Waals surface area contributed by atoms with Gasteiger partial charge in [-0.25, -0.2) is 0 Å². The summed E-state index contributed by atoms with van der Waals surface area (Å²) >= 11 is 1.56. The monoisotopic (exact) mass is 220 g/mol. The van der Waals surface area contributed by atoms with Crippen molar-refractivity contribution in [3.05, 3.63) is 35.1 Å². The summed E-state index contributed by atoms with van der Waals surface area (Å²) in [5.41, 5.74) is 1.19. The van der Waals surface area contributed by atoms with Gasteiger partial charge in [0.05, 0.1) is 6.04 Å². The average Bonchev–Trinajstić information content (AvgIpc) is 2.65.